The first-order valence-electron chi connectivity index (χ1n) is 9.38. The van der Waals surface area contributed by atoms with Crippen molar-refractivity contribution in [3.8, 4) is 0 Å². The third-order valence-corrected chi connectivity index (χ3v) is 5.20. The molecule has 0 radical (unpaired) electrons. The number of piperidine rings is 1. The number of rotatable bonds is 4. The first-order valence-corrected chi connectivity index (χ1v) is 9.38. The quantitative estimate of drug-likeness (QED) is 0.566. The van der Waals surface area contributed by atoms with Crippen molar-refractivity contribution < 1.29 is 18.4 Å². The summed E-state index contributed by atoms with van der Waals surface area (Å²) in [5.41, 5.74) is 3.05. The fourth-order valence-corrected chi connectivity index (χ4v) is 3.55. The van der Waals surface area contributed by atoms with Gasteiger partial charge in [-0.2, -0.15) is 0 Å². The van der Waals surface area contributed by atoms with Gasteiger partial charge in [-0.05, 0) is 62.1 Å². The van der Waals surface area contributed by atoms with Crippen LogP contribution in [0.4, 0.5) is 8.78 Å². The van der Waals surface area contributed by atoms with E-state index in [-0.39, 0.29) is 11.5 Å². The van der Waals surface area contributed by atoms with Crippen molar-refractivity contribution in [2.75, 3.05) is 13.1 Å². The van der Waals surface area contributed by atoms with Crippen LogP contribution in [0.15, 0.2) is 42.5 Å². The molecule has 5 heteroatoms. The Morgan fingerprint density at radius 3 is 2.43 bits per heavy atom. The predicted molar refractivity (Wildman–Crippen MR) is 105 cm³/mol. The second-order valence-corrected chi connectivity index (χ2v) is 7.28. The number of Topliss-reactive ketones (excluding diaryl/α,β-unsaturated/α-hetero) is 1. The largest absolute Gasteiger partial charge is 0.339 e. The van der Waals surface area contributed by atoms with E-state index in [9.17, 15) is 18.4 Å². The molecule has 1 fully saturated rings. The molecule has 1 aliphatic heterocycles. The Bertz CT molecular complexity index is 928. The van der Waals surface area contributed by atoms with Crippen LogP contribution in [0.3, 0.4) is 0 Å². The minimum atomic E-state index is -0.707. The summed E-state index contributed by atoms with van der Waals surface area (Å²) >= 11 is 0. The number of benzene rings is 2. The summed E-state index contributed by atoms with van der Waals surface area (Å²) in [5.74, 6) is -2.24. The minimum Gasteiger partial charge on any atom is -0.339 e. The first kappa shape index (κ1) is 19.9. The van der Waals surface area contributed by atoms with Crippen LogP contribution in [0.25, 0.3) is 6.08 Å². The van der Waals surface area contributed by atoms with Gasteiger partial charge in [-0.25, -0.2) is 8.78 Å². The SMILES string of the molecule is Cc1ccc(/C=C/C(=O)N2CCC(C(=O)c3cc(F)ccc3F)CC2)c(C)c1. The normalized spacial score (nSPS) is 15.2. The zero-order chi connectivity index (χ0) is 20.3. The smallest absolute Gasteiger partial charge is 0.246 e. The number of hydrogen-bond acceptors (Lipinski definition) is 2. The summed E-state index contributed by atoms with van der Waals surface area (Å²) < 4.78 is 27.2. The number of hydrogen-bond donors (Lipinski definition) is 0. The van der Waals surface area contributed by atoms with Gasteiger partial charge in [0.25, 0.3) is 0 Å². The number of halogens is 2. The van der Waals surface area contributed by atoms with E-state index in [0.29, 0.717) is 25.9 Å². The van der Waals surface area contributed by atoms with Gasteiger partial charge in [0.05, 0.1) is 5.56 Å². The lowest BCUT2D eigenvalue weighted by Crippen LogP contribution is -2.39. The van der Waals surface area contributed by atoms with Crippen LogP contribution in [-0.4, -0.2) is 29.7 Å². The molecule has 0 N–H and O–H groups in total. The van der Waals surface area contributed by atoms with Crippen LogP contribution in [0.1, 0.15) is 39.9 Å². The zero-order valence-electron chi connectivity index (χ0n) is 16.0. The van der Waals surface area contributed by atoms with Crippen LogP contribution in [0, 0.1) is 31.4 Å². The van der Waals surface area contributed by atoms with E-state index in [1.54, 1.807) is 17.1 Å². The van der Waals surface area contributed by atoms with Crippen molar-refractivity contribution in [1.82, 2.24) is 4.90 Å². The van der Waals surface area contributed by atoms with Crippen molar-refractivity contribution in [3.63, 3.8) is 0 Å². The molecule has 28 heavy (non-hydrogen) atoms. The maximum atomic E-state index is 13.8. The number of nitrogens with zero attached hydrogens (tertiary/aromatic N) is 1. The molecule has 0 atom stereocenters. The Balaban J connectivity index is 1.60. The highest BCUT2D eigenvalue weighted by atomic mass is 19.1. The summed E-state index contributed by atoms with van der Waals surface area (Å²) in [6.45, 7) is 4.86. The van der Waals surface area contributed by atoms with Crippen LogP contribution < -0.4 is 0 Å². The molecule has 0 saturated carbocycles. The molecule has 0 unspecified atom stereocenters. The Morgan fingerprint density at radius 2 is 1.75 bits per heavy atom. The standard InChI is InChI=1S/C23H23F2NO2/c1-15-3-4-17(16(2)13-15)5-8-22(27)26-11-9-18(10-12-26)23(28)20-14-19(24)6-7-21(20)25/h3-8,13-14,18H,9-12H2,1-2H3/b8-5+. The van der Waals surface area contributed by atoms with Gasteiger partial charge in [0, 0.05) is 25.1 Å². The average Bonchev–Trinajstić information content (AvgIpc) is 2.68. The molecule has 1 amide bonds. The van der Waals surface area contributed by atoms with Gasteiger partial charge in [-0.1, -0.05) is 23.8 Å². The van der Waals surface area contributed by atoms with Crippen molar-refractivity contribution in [3.05, 3.63) is 76.4 Å². The first-order chi connectivity index (χ1) is 13.3. The predicted octanol–water partition coefficient (Wildman–Crippen LogP) is 4.72. The molecule has 1 aliphatic rings. The van der Waals surface area contributed by atoms with Crippen molar-refractivity contribution >= 4 is 17.8 Å². The Kier molecular flexibility index (Phi) is 6.02. The molecule has 2 aromatic rings. The summed E-state index contributed by atoms with van der Waals surface area (Å²) in [6.07, 6.45) is 4.23. The molecular formula is C23H23F2NO2. The molecule has 146 valence electrons. The lowest BCUT2D eigenvalue weighted by atomic mass is 9.88. The van der Waals surface area contributed by atoms with Crippen LogP contribution in [0.5, 0.6) is 0 Å². The summed E-state index contributed by atoms with van der Waals surface area (Å²) in [4.78, 5) is 26.6. The molecular weight excluding hydrogens is 360 g/mol. The lowest BCUT2D eigenvalue weighted by molar-refractivity contribution is -0.127. The maximum absolute atomic E-state index is 13.8. The summed E-state index contributed by atoms with van der Waals surface area (Å²) in [7, 11) is 0. The molecule has 3 nitrogen and oxygen atoms in total. The van der Waals surface area contributed by atoms with E-state index < -0.39 is 23.3 Å². The van der Waals surface area contributed by atoms with E-state index in [1.165, 1.54) is 5.56 Å². The van der Waals surface area contributed by atoms with E-state index in [2.05, 4.69) is 6.07 Å². The van der Waals surface area contributed by atoms with Gasteiger partial charge in [0.2, 0.25) is 5.91 Å². The molecule has 0 aromatic heterocycles. The zero-order valence-corrected chi connectivity index (χ0v) is 16.0. The van der Waals surface area contributed by atoms with Crippen molar-refractivity contribution in [2.24, 2.45) is 5.92 Å². The van der Waals surface area contributed by atoms with Gasteiger partial charge in [-0.15, -0.1) is 0 Å². The van der Waals surface area contributed by atoms with Crippen molar-refractivity contribution in [1.29, 1.82) is 0 Å². The van der Waals surface area contributed by atoms with E-state index in [0.717, 1.165) is 29.3 Å². The highest BCUT2D eigenvalue weighted by Crippen LogP contribution is 2.24. The second kappa shape index (κ2) is 8.46. The maximum Gasteiger partial charge on any atom is 0.246 e. The minimum absolute atomic E-state index is 0.109. The van der Waals surface area contributed by atoms with Gasteiger partial charge in [0.15, 0.2) is 5.78 Å². The van der Waals surface area contributed by atoms with E-state index in [1.807, 2.05) is 26.0 Å². The third kappa shape index (κ3) is 4.53. The lowest BCUT2D eigenvalue weighted by Gasteiger charge is -2.30. The molecule has 3 rings (SSSR count). The Hall–Kier alpha value is -2.82. The molecule has 2 aromatic carbocycles. The fraction of sp³-hybridized carbons (Fsp3) is 0.304. The fourth-order valence-electron chi connectivity index (χ4n) is 3.55. The molecule has 1 saturated heterocycles. The summed E-state index contributed by atoms with van der Waals surface area (Å²) in [5, 5.41) is 0. The average molecular weight is 383 g/mol. The molecule has 0 aliphatic carbocycles. The van der Waals surface area contributed by atoms with E-state index >= 15 is 0 Å². The molecule has 0 bridgehead atoms. The number of amides is 1. The number of aryl methyl sites for hydroxylation is 2. The monoisotopic (exact) mass is 383 g/mol. The van der Waals surface area contributed by atoms with Crippen LogP contribution in [0.2, 0.25) is 0 Å². The third-order valence-electron chi connectivity index (χ3n) is 5.20. The molecule has 1 heterocycles. The Labute approximate surface area is 163 Å². The van der Waals surface area contributed by atoms with Gasteiger partial charge in [0.1, 0.15) is 11.6 Å². The summed E-state index contributed by atoms with van der Waals surface area (Å²) in [6, 6.07) is 8.95. The highest BCUT2D eigenvalue weighted by Gasteiger charge is 2.28. The topological polar surface area (TPSA) is 37.4 Å². The number of carbonyl (C=O) groups is 2. The number of carbonyl (C=O) groups excluding carboxylic acids is 2. The number of likely N-dealkylation sites (tertiary alicyclic amines) is 1. The van der Waals surface area contributed by atoms with Gasteiger partial charge < -0.3 is 4.90 Å². The van der Waals surface area contributed by atoms with E-state index in [4.69, 9.17) is 0 Å². The van der Waals surface area contributed by atoms with Crippen LogP contribution in [-0.2, 0) is 4.79 Å². The Morgan fingerprint density at radius 1 is 1.04 bits per heavy atom. The van der Waals surface area contributed by atoms with Crippen molar-refractivity contribution in [2.45, 2.75) is 26.7 Å². The van der Waals surface area contributed by atoms with Gasteiger partial charge >= 0.3 is 0 Å². The number of ketones is 1. The highest BCUT2D eigenvalue weighted by molar-refractivity contribution is 5.98. The van der Waals surface area contributed by atoms with Gasteiger partial charge in [-0.3, -0.25) is 9.59 Å². The van der Waals surface area contributed by atoms with Crippen LogP contribution >= 0.6 is 0 Å². The molecule has 0 spiro atoms. The second-order valence-electron chi connectivity index (χ2n) is 7.28.